The Morgan fingerprint density at radius 1 is 1.50 bits per heavy atom. The van der Waals surface area contributed by atoms with Gasteiger partial charge in [-0.05, 0) is 0 Å². The van der Waals surface area contributed by atoms with Crippen molar-refractivity contribution in [2.24, 2.45) is 0 Å². The average Bonchev–Trinajstić information content (AvgIpc) is 2.03. The summed E-state index contributed by atoms with van der Waals surface area (Å²) in [6, 6.07) is 0. The van der Waals surface area contributed by atoms with Crippen molar-refractivity contribution in [3.63, 3.8) is 0 Å². The maximum Gasteiger partial charge on any atom is 0.223 e. The number of rotatable bonds is 5. The van der Waals surface area contributed by atoms with Crippen molar-refractivity contribution >= 4 is 5.91 Å². The van der Waals surface area contributed by atoms with Crippen molar-refractivity contribution in [1.82, 2.24) is 10.2 Å². The first-order chi connectivity index (χ1) is 5.68. The molecule has 12 heavy (non-hydrogen) atoms. The third kappa shape index (κ3) is 5.75. The zero-order valence-electron chi connectivity index (χ0n) is 7.76. The van der Waals surface area contributed by atoms with Gasteiger partial charge in [-0.3, -0.25) is 4.79 Å². The standard InChI is InChI=1S/C9H16N2O/c1-4-5-7-10-8-6-9(12)11(2)3/h1,10H,5-8H2,2-3H3. The second kappa shape index (κ2) is 6.68. The quantitative estimate of drug-likeness (QED) is 0.465. The van der Waals surface area contributed by atoms with Gasteiger partial charge in [-0.25, -0.2) is 0 Å². The zero-order valence-corrected chi connectivity index (χ0v) is 7.76. The van der Waals surface area contributed by atoms with E-state index in [9.17, 15) is 4.79 Å². The second-order valence-electron chi connectivity index (χ2n) is 2.74. The lowest BCUT2D eigenvalue weighted by Gasteiger charge is -2.09. The van der Waals surface area contributed by atoms with E-state index in [1.54, 1.807) is 19.0 Å². The van der Waals surface area contributed by atoms with Crippen LogP contribution < -0.4 is 5.32 Å². The van der Waals surface area contributed by atoms with Crippen LogP contribution in [0.1, 0.15) is 12.8 Å². The van der Waals surface area contributed by atoms with Crippen molar-refractivity contribution in [3.8, 4) is 12.3 Å². The van der Waals surface area contributed by atoms with Gasteiger partial charge in [0.15, 0.2) is 0 Å². The van der Waals surface area contributed by atoms with Crippen molar-refractivity contribution in [2.45, 2.75) is 12.8 Å². The molecule has 0 atom stereocenters. The number of carbonyl (C=O) groups is 1. The fourth-order valence-electron chi connectivity index (χ4n) is 0.704. The van der Waals surface area contributed by atoms with Gasteiger partial charge >= 0.3 is 0 Å². The zero-order chi connectivity index (χ0) is 9.40. The predicted molar refractivity (Wildman–Crippen MR) is 49.6 cm³/mol. The van der Waals surface area contributed by atoms with Crippen LogP contribution in [0.4, 0.5) is 0 Å². The van der Waals surface area contributed by atoms with E-state index in [-0.39, 0.29) is 5.91 Å². The largest absolute Gasteiger partial charge is 0.349 e. The molecule has 68 valence electrons. The Bertz CT molecular complexity index is 170. The van der Waals surface area contributed by atoms with Crippen molar-refractivity contribution < 1.29 is 4.79 Å². The van der Waals surface area contributed by atoms with E-state index in [1.807, 2.05) is 0 Å². The van der Waals surface area contributed by atoms with E-state index < -0.39 is 0 Å². The normalized spacial score (nSPS) is 9.08. The first-order valence-electron chi connectivity index (χ1n) is 4.03. The highest BCUT2D eigenvalue weighted by Crippen LogP contribution is 1.84. The molecule has 1 amide bonds. The third-order valence-corrected chi connectivity index (χ3v) is 1.46. The van der Waals surface area contributed by atoms with E-state index in [4.69, 9.17) is 6.42 Å². The van der Waals surface area contributed by atoms with Crippen molar-refractivity contribution in [2.75, 3.05) is 27.2 Å². The van der Waals surface area contributed by atoms with Crippen LogP contribution in [0.25, 0.3) is 0 Å². The van der Waals surface area contributed by atoms with Crippen LogP contribution >= 0.6 is 0 Å². The van der Waals surface area contributed by atoms with Crippen LogP contribution in [0.3, 0.4) is 0 Å². The van der Waals surface area contributed by atoms with Crippen LogP contribution in [0.2, 0.25) is 0 Å². The van der Waals surface area contributed by atoms with Crippen LogP contribution in [-0.4, -0.2) is 38.0 Å². The monoisotopic (exact) mass is 168 g/mol. The molecule has 0 aromatic rings. The highest BCUT2D eigenvalue weighted by atomic mass is 16.2. The molecule has 0 rings (SSSR count). The Morgan fingerprint density at radius 3 is 2.67 bits per heavy atom. The summed E-state index contributed by atoms with van der Waals surface area (Å²) >= 11 is 0. The lowest BCUT2D eigenvalue weighted by molar-refractivity contribution is -0.128. The summed E-state index contributed by atoms with van der Waals surface area (Å²) in [4.78, 5) is 12.6. The molecule has 1 N–H and O–H groups in total. The molecule has 0 saturated carbocycles. The van der Waals surface area contributed by atoms with Crippen LogP contribution in [0.5, 0.6) is 0 Å². The molecule has 0 radical (unpaired) electrons. The van der Waals surface area contributed by atoms with Gasteiger partial charge in [0.25, 0.3) is 0 Å². The first kappa shape index (κ1) is 11.0. The van der Waals surface area contributed by atoms with E-state index in [0.717, 1.165) is 13.0 Å². The Kier molecular flexibility index (Phi) is 6.12. The molecule has 0 aliphatic heterocycles. The van der Waals surface area contributed by atoms with Crippen LogP contribution in [0, 0.1) is 12.3 Å². The molecule has 3 heteroatoms. The Balaban J connectivity index is 3.21. The summed E-state index contributed by atoms with van der Waals surface area (Å²) in [5, 5.41) is 3.08. The first-order valence-corrected chi connectivity index (χ1v) is 4.03. The van der Waals surface area contributed by atoms with Gasteiger partial charge in [-0.15, -0.1) is 12.3 Å². The van der Waals surface area contributed by atoms with Gasteiger partial charge in [0.1, 0.15) is 0 Å². The lowest BCUT2D eigenvalue weighted by atomic mass is 10.3. The molecule has 0 bridgehead atoms. The van der Waals surface area contributed by atoms with Crippen molar-refractivity contribution in [3.05, 3.63) is 0 Å². The molecular formula is C9H16N2O. The maximum absolute atomic E-state index is 11.0. The minimum absolute atomic E-state index is 0.142. The molecule has 0 spiro atoms. The predicted octanol–water partition coefficient (Wildman–Crippen LogP) is 0.0776. The molecule has 0 aliphatic carbocycles. The smallest absolute Gasteiger partial charge is 0.223 e. The summed E-state index contributed by atoms with van der Waals surface area (Å²) in [6.45, 7) is 1.50. The number of hydrogen-bond donors (Lipinski definition) is 1. The number of amides is 1. The van der Waals surface area contributed by atoms with Gasteiger partial charge in [0, 0.05) is 40.0 Å². The molecule has 0 fully saturated rings. The number of carbonyl (C=O) groups excluding carboxylic acids is 1. The summed E-state index contributed by atoms with van der Waals surface area (Å²) in [7, 11) is 3.51. The van der Waals surface area contributed by atoms with Gasteiger partial charge in [-0.2, -0.15) is 0 Å². The van der Waals surface area contributed by atoms with E-state index in [2.05, 4.69) is 11.2 Å². The van der Waals surface area contributed by atoms with Gasteiger partial charge in [-0.1, -0.05) is 0 Å². The van der Waals surface area contributed by atoms with Crippen LogP contribution in [-0.2, 0) is 4.79 Å². The molecule has 0 saturated heterocycles. The number of nitrogens with one attached hydrogen (secondary N) is 1. The number of hydrogen-bond acceptors (Lipinski definition) is 2. The maximum atomic E-state index is 11.0. The molecule has 3 nitrogen and oxygen atoms in total. The van der Waals surface area contributed by atoms with Crippen molar-refractivity contribution in [1.29, 1.82) is 0 Å². The minimum atomic E-state index is 0.142. The topological polar surface area (TPSA) is 32.3 Å². The van der Waals surface area contributed by atoms with Gasteiger partial charge < -0.3 is 10.2 Å². The number of nitrogens with zero attached hydrogens (tertiary/aromatic N) is 1. The van der Waals surface area contributed by atoms with E-state index >= 15 is 0 Å². The molecule has 0 aromatic heterocycles. The second-order valence-corrected chi connectivity index (χ2v) is 2.74. The lowest BCUT2D eigenvalue weighted by Crippen LogP contribution is -2.27. The number of terminal acetylenes is 1. The summed E-state index contributed by atoms with van der Waals surface area (Å²) in [5.41, 5.74) is 0. The van der Waals surface area contributed by atoms with Gasteiger partial charge in [0.05, 0.1) is 0 Å². The highest BCUT2D eigenvalue weighted by Gasteiger charge is 2.01. The fourth-order valence-corrected chi connectivity index (χ4v) is 0.704. The average molecular weight is 168 g/mol. The third-order valence-electron chi connectivity index (χ3n) is 1.46. The fraction of sp³-hybridized carbons (Fsp3) is 0.667. The summed E-state index contributed by atoms with van der Waals surface area (Å²) in [6.07, 6.45) is 6.31. The molecule has 0 aliphatic rings. The Morgan fingerprint density at radius 2 is 2.17 bits per heavy atom. The van der Waals surface area contributed by atoms with Gasteiger partial charge in [0.2, 0.25) is 5.91 Å². The van der Waals surface area contributed by atoms with E-state index in [0.29, 0.717) is 13.0 Å². The Hall–Kier alpha value is -1.01. The molecule has 0 heterocycles. The van der Waals surface area contributed by atoms with E-state index in [1.165, 1.54) is 0 Å². The van der Waals surface area contributed by atoms with Crippen LogP contribution in [0.15, 0.2) is 0 Å². The molecule has 0 unspecified atom stereocenters. The molecule has 0 aromatic carbocycles. The SMILES string of the molecule is C#CCCNCCC(=O)N(C)C. The highest BCUT2D eigenvalue weighted by molar-refractivity contribution is 5.75. The summed E-state index contributed by atoms with van der Waals surface area (Å²) in [5.74, 6) is 2.66. The molecular weight excluding hydrogens is 152 g/mol. The summed E-state index contributed by atoms with van der Waals surface area (Å²) < 4.78 is 0. The minimum Gasteiger partial charge on any atom is -0.349 e. The Labute approximate surface area is 74.1 Å².